The van der Waals surface area contributed by atoms with Crippen molar-refractivity contribution >= 4 is 8.80 Å². The largest absolute Gasteiger partial charge is 0.297 e. The zero-order valence-corrected chi connectivity index (χ0v) is 13.5. The molecule has 0 spiro atoms. The van der Waals surface area contributed by atoms with Gasteiger partial charge in [0.05, 0.1) is 8.80 Å². The van der Waals surface area contributed by atoms with Crippen molar-refractivity contribution in [1.29, 1.82) is 0 Å². The van der Waals surface area contributed by atoms with Crippen LogP contribution in [0.5, 0.6) is 0 Å². The third kappa shape index (κ3) is 5.87. The van der Waals surface area contributed by atoms with E-state index < -0.39 is 8.80 Å². The second-order valence-corrected chi connectivity index (χ2v) is 8.81. The molecule has 0 radical (unpaired) electrons. The van der Waals surface area contributed by atoms with E-state index in [-0.39, 0.29) is 0 Å². The van der Waals surface area contributed by atoms with Gasteiger partial charge in [0.1, 0.15) is 0 Å². The van der Waals surface area contributed by atoms with Gasteiger partial charge < -0.3 is 0 Å². The second-order valence-electron chi connectivity index (χ2n) is 5.99. The van der Waals surface area contributed by atoms with Gasteiger partial charge in [-0.05, 0) is 39.8 Å². The van der Waals surface area contributed by atoms with Gasteiger partial charge in [0.15, 0.2) is 0 Å². The Labute approximate surface area is 110 Å². The first kappa shape index (κ1) is 15.0. The summed E-state index contributed by atoms with van der Waals surface area (Å²) in [5.74, 6) is 0. The van der Waals surface area contributed by atoms with Crippen molar-refractivity contribution in [2.45, 2.75) is 71.5 Å². The highest BCUT2D eigenvalue weighted by Gasteiger charge is 2.15. The molecule has 1 rings (SSSR count). The van der Waals surface area contributed by atoms with Crippen LogP contribution in [-0.2, 0) is 0 Å². The summed E-state index contributed by atoms with van der Waals surface area (Å²) >= 11 is 0. The smallest absolute Gasteiger partial charge is 0.0554 e. The zero-order valence-electron chi connectivity index (χ0n) is 12.3. The van der Waals surface area contributed by atoms with Gasteiger partial charge in [-0.3, -0.25) is 4.90 Å². The van der Waals surface area contributed by atoms with Crippen LogP contribution in [0.25, 0.3) is 0 Å². The summed E-state index contributed by atoms with van der Waals surface area (Å²) in [7, 11) is -0.557. The second kappa shape index (κ2) is 8.10. The van der Waals surface area contributed by atoms with Gasteiger partial charge in [0, 0.05) is 6.04 Å². The highest BCUT2D eigenvalue weighted by Crippen LogP contribution is 2.17. The molecular formula is C15H31NSi. The maximum atomic E-state index is 2.72. The molecule has 1 atom stereocenters. The summed E-state index contributed by atoms with van der Waals surface area (Å²) in [6.45, 7) is 12.2. The van der Waals surface area contributed by atoms with Crippen LogP contribution in [0.4, 0.5) is 0 Å². The molecule has 0 amide bonds. The predicted molar refractivity (Wildman–Crippen MR) is 81.4 cm³/mol. The average Bonchev–Trinajstić information content (AvgIpc) is 2.40. The van der Waals surface area contributed by atoms with Crippen molar-refractivity contribution in [2.24, 2.45) is 0 Å². The molecule has 0 N–H and O–H groups in total. The Morgan fingerprint density at radius 1 is 1.00 bits per heavy atom. The van der Waals surface area contributed by atoms with Gasteiger partial charge >= 0.3 is 0 Å². The molecule has 1 saturated heterocycles. The molecule has 2 heteroatoms. The fourth-order valence-electron chi connectivity index (χ4n) is 2.79. The lowest BCUT2D eigenvalue weighted by atomic mass is 10.1. The fraction of sp³-hybridized carbons (Fsp3) is 0.867. The molecule has 100 valence electrons. The first-order valence-corrected chi connectivity index (χ1v) is 10.5. The van der Waals surface area contributed by atoms with E-state index >= 15 is 0 Å². The Morgan fingerprint density at radius 3 is 1.94 bits per heavy atom. The average molecular weight is 254 g/mol. The van der Waals surface area contributed by atoms with Crippen LogP contribution >= 0.6 is 0 Å². The van der Waals surface area contributed by atoms with Crippen LogP contribution in [-0.4, -0.2) is 32.8 Å². The quantitative estimate of drug-likeness (QED) is 0.687. The Balaban J connectivity index is 2.54. The molecule has 0 saturated carbocycles. The van der Waals surface area contributed by atoms with Crippen LogP contribution in [0.2, 0.25) is 13.1 Å². The Bertz CT molecular complexity index is 225. The molecule has 17 heavy (non-hydrogen) atoms. The van der Waals surface area contributed by atoms with E-state index in [0.717, 1.165) is 0 Å². The molecule has 0 aliphatic carbocycles. The molecule has 0 aromatic rings. The van der Waals surface area contributed by atoms with E-state index in [0.29, 0.717) is 6.04 Å². The SMILES string of the molecule is CC(=C[SiH](C)C)C(C)N1CCCCCCCC1. The monoisotopic (exact) mass is 253 g/mol. The van der Waals surface area contributed by atoms with Gasteiger partial charge in [0.25, 0.3) is 0 Å². The van der Waals surface area contributed by atoms with Crippen molar-refractivity contribution in [1.82, 2.24) is 4.90 Å². The van der Waals surface area contributed by atoms with Crippen LogP contribution in [0.1, 0.15) is 52.4 Å². The van der Waals surface area contributed by atoms with Crippen LogP contribution < -0.4 is 0 Å². The lowest BCUT2D eigenvalue weighted by Gasteiger charge is -2.30. The minimum Gasteiger partial charge on any atom is -0.297 e. The molecule has 0 aromatic heterocycles. The summed E-state index contributed by atoms with van der Waals surface area (Å²) in [4.78, 5) is 2.72. The molecule has 1 aliphatic heterocycles. The van der Waals surface area contributed by atoms with E-state index in [1.54, 1.807) is 5.57 Å². The van der Waals surface area contributed by atoms with Crippen molar-refractivity contribution in [3.05, 3.63) is 11.3 Å². The van der Waals surface area contributed by atoms with E-state index in [2.05, 4.69) is 37.5 Å². The molecule has 1 fully saturated rings. The van der Waals surface area contributed by atoms with Gasteiger partial charge in [0.2, 0.25) is 0 Å². The zero-order chi connectivity index (χ0) is 12.7. The Hall–Kier alpha value is -0.0831. The molecule has 0 bridgehead atoms. The molecule has 0 aromatic carbocycles. The van der Waals surface area contributed by atoms with Crippen molar-refractivity contribution in [3.63, 3.8) is 0 Å². The summed E-state index contributed by atoms with van der Waals surface area (Å²) in [5, 5.41) is 0. The minimum atomic E-state index is -0.557. The summed E-state index contributed by atoms with van der Waals surface area (Å²) in [6.07, 6.45) is 8.58. The first-order valence-electron chi connectivity index (χ1n) is 7.53. The van der Waals surface area contributed by atoms with Gasteiger partial charge in [-0.2, -0.15) is 0 Å². The van der Waals surface area contributed by atoms with Crippen LogP contribution in [0, 0.1) is 0 Å². The molecule has 1 heterocycles. The lowest BCUT2D eigenvalue weighted by molar-refractivity contribution is 0.229. The summed E-state index contributed by atoms with van der Waals surface area (Å²) < 4.78 is 0. The van der Waals surface area contributed by atoms with Crippen molar-refractivity contribution < 1.29 is 0 Å². The van der Waals surface area contributed by atoms with Crippen molar-refractivity contribution in [3.8, 4) is 0 Å². The van der Waals surface area contributed by atoms with Crippen LogP contribution in [0.15, 0.2) is 11.3 Å². The molecular weight excluding hydrogens is 222 g/mol. The maximum Gasteiger partial charge on any atom is 0.0554 e. The normalized spacial score (nSPS) is 23.0. The first-order chi connectivity index (χ1) is 8.11. The summed E-state index contributed by atoms with van der Waals surface area (Å²) in [5.41, 5.74) is 4.18. The lowest BCUT2D eigenvalue weighted by Crippen LogP contribution is -2.35. The number of hydrogen-bond donors (Lipinski definition) is 0. The Kier molecular flexibility index (Phi) is 7.13. The van der Waals surface area contributed by atoms with Crippen LogP contribution in [0.3, 0.4) is 0 Å². The fourth-order valence-corrected chi connectivity index (χ4v) is 4.12. The van der Waals surface area contributed by atoms with E-state index in [1.807, 2.05) is 0 Å². The minimum absolute atomic E-state index is 0.557. The highest BCUT2D eigenvalue weighted by atomic mass is 28.3. The van der Waals surface area contributed by atoms with E-state index in [4.69, 9.17) is 0 Å². The summed E-state index contributed by atoms with van der Waals surface area (Å²) in [6, 6.07) is 0.669. The Morgan fingerprint density at radius 2 is 1.47 bits per heavy atom. The van der Waals surface area contributed by atoms with E-state index in [9.17, 15) is 0 Å². The molecule has 1 nitrogen and oxygen atoms in total. The predicted octanol–water partition coefficient (Wildman–Crippen LogP) is 4.00. The topological polar surface area (TPSA) is 3.24 Å². The standard InChI is InChI=1S/C15H31NSi/c1-14(13-17(3)4)15(2)16-11-9-7-5-6-8-10-12-16/h13,15,17H,5-12H2,1-4H3. The van der Waals surface area contributed by atoms with Gasteiger partial charge in [-0.25, -0.2) is 0 Å². The number of hydrogen-bond acceptors (Lipinski definition) is 1. The van der Waals surface area contributed by atoms with Gasteiger partial charge in [-0.15, -0.1) is 0 Å². The highest BCUT2D eigenvalue weighted by molar-refractivity contribution is 6.61. The maximum absolute atomic E-state index is 2.72. The van der Waals surface area contributed by atoms with E-state index in [1.165, 1.54) is 51.6 Å². The van der Waals surface area contributed by atoms with Crippen molar-refractivity contribution in [2.75, 3.05) is 13.1 Å². The van der Waals surface area contributed by atoms with Gasteiger partial charge in [-0.1, -0.05) is 50.0 Å². The number of rotatable bonds is 3. The third-order valence-corrected chi connectivity index (χ3v) is 5.14. The number of nitrogens with zero attached hydrogens (tertiary/aromatic N) is 1. The molecule has 1 aliphatic rings. The third-order valence-electron chi connectivity index (χ3n) is 3.94. The molecule has 1 unspecified atom stereocenters.